The molecule has 3 aromatic rings. The van der Waals surface area contributed by atoms with E-state index in [1.165, 1.54) is 4.57 Å². The Bertz CT molecular complexity index is 1060. The van der Waals surface area contributed by atoms with Gasteiger partial charge in [0, 0.05) is 34.8 Å². The average molecular weight is 489 g/mol. The van der Waals surface area contributed by atoms with Crippen molar-refractivity contribution in [2.75, 3.05) is 31.2 Å². The van der Waals surface area contributed by atoms with E-state index < -0.39 is 12.0 Å². The maximum atomic E-state index is 13.8. The topological polar surface area (TPSA) is 30.3 Å². The van der Waals surface area contributed by atoms with E-state index in [1.54, 1.807) is 31.2 Å². The zero-order valence-electron chi connectivity index (χ0n) is 15.6. The van der Waals surface area contributed by atoms with Crippen LogP contribution in [0.3, 0.4) is 0 Å². The molecule has 0 bridgehead atoms. The van der Waals surface area contributed by atoms with Gasteiger partial charge in [0.05, 0.1) is 18.7 Å². The smallest absolute Gasteiger partial charge is 0.378 e. The molecule has 1 aromatic heterocycles. The van der Waals surface area contributed by atoms with Gasteiger partial charge in [-0.1, -0.05) is 23.7 Å². The summed E-state index contributed by atoms with van der Waals surface area (Å²) >= 11 is 9.60. The predicted octanol–water partition coefficient (Wildman–Crippen LogP) is 5.66. The highest BCUT2D eigenvalue weighted by Crippen LogP contribution is 2.37. The van der Waals surface area contributed by atoms with Gasteiger partial charge < -0.3 is 14.2 Å². The van der Waals surface area contributed by atoms with Gasteiger partial charge in [0.15, 0.2) is 0 Å². The van der Waals surface area contributed by atoms with Crippen LogP contribution < -0.4 is 4.90 Å². The molecule has 9 heteroatoms. The highest BCUT2D eigenvalue weighted by molar-refractivity contribution is 9.10. The van der Waals surface area contributed by atoms with E-state index in [-0.39, 0.29) is 12.1 Å². The molecule has 0 unspecified atom stereocenters. The van der Waals surface area contributed by atoms with Gasteiger partial charge in [-0.25, -0.2) is 4.98 Å². The molecule has 0 atom stereocenters. The summed E-state index contributed by atoms with van der Waals surface area (Å²) in [4.78, 5) is 6.03. The van der Waals surface area contributed by atoms with E-state index in [4.69, 9.17) is 16.3 Å². The van der Waals surface area contributed by atoms with Crippen molar-refractivity contribution >= 4 is 44.3 Å². The van der Waals surface area contributed by atoms with Crippen molar-refractivity contribution in [2.45, 2.75) is 19.6 Å². The lowest BCUT2D eigenvalue weighted by atomic mass is 10.1. The first kappa shape index (κ1) is 20.5. The van der Waals surface area contributed by atoms with Crippen LogP contribution in [0.2, 0.25) is 5.02 Å². The monoisotopic (exact) mass is 487 g/mol. The number of ether oxygens (including phenoxy) is 1. The van der Waals surface area contributed by atoms with Gasteiger partial charge in [-0.3, -0.25) is 0 Å². The Kier molecular flexibility index (Phi) is 5.52. The third kappa shape index (κ3) is 3.98. The Labute approximate surface area is 179 Å². The Morgan fingerprint density at radius 2 is 1.93 bits per heavy atom. The van der Waals surface area contributed by atoms with Crippen LogP contribution >= 0.6 is 27.5 Å². The van der Waals surface area contributed by atoms with Crippen molar-refractivity contribution in [1.29, 1.82) is 0 Å². The predicted molar refractivity (Wildman–Crippen MR) is 111 cm³/mol. The quantitative estimate of drug-likeness (QED) is 0.476. The lowest BCUT2D eigenvalue weighted by Crippen LogP contribution is -2.36. The van der Waals surface area contributed by atoms with Gasteiger partial charge in [0.2, 0.25) is 5.82 Å². The molecular weight excluding hydrogens is 471 g/mol. The Hall–Kier alpha value is -1.77. The first-order valence-corrected chi connectivity index (χ1v) is 10.3. The van der Waals surface area contributed by atoms with E-state index in [1.807, 2.05) is 6.07 Å². The van der Waals surface area contributed by atoms with Crippen molar-refractivity contribution in [1.82, 2.24) is 9.55 Å². The van der Waals surface area contributed by atoms with Crippen molar-refractivity contribution in [3.63, 3.8) is 0 Å². The first-order valence-electron chi connectivity index (χ1n) is 9.09. The third-order valence-corrected chi connectivity index (χ3v) is 6.14. The second-order valence-electron chi connectivity index (χ2n) is 6.94. The molecule has 2 heterocycles. The number of aromatic nitrogens is 2. The number of halogens is 5. The molecular formula is C20H18BrClF3N3O. The third-order valence-electron chi connectivity index (χ3n) is 5.13. The minimum atomic E-state index is -4.58. The minimum Gasteiger partial charge on any atom is -0.378 e. The average Bonchev–Trinajstić information content (AvgIpc) is 3.06. The van der Waals surface area contributed by atoms with E-state index in [0.717, 1.165) is 16.8 Å². The molecule has 0 aliphatic carbocycles. The first-order chi connectivity index (χ1) is 13.8. The molecule has 0 N–H and O–H groups in total. The molecule has 4 rings (SSSR count). The zero-order chi connectivity index (χ0) is 20.8. The van der Waals surface area contributed by atoms with Crippen molar-refractivity contribution in [3.05, 3.63) is 56.8 Å². The second-order valence-corrected chi connectivity index (χ2v) is 8.20. The van der Waals surface area contributed by atoms with Gasteiger partial charge in [-0.05, 0) is 52.2 Å². The summed E-state index contributed by atoms with van der Waals surface area (Å²) in [6, 6.07) is 8.84. The van der Waals surface area contributed by atoms with Gasteiger partial charge in [-0.2, -0.15) is 13.2 Å². The number of hydrogen-bond donors (Lipinski definition) is 0. The van der Waals surface area contributed by atoms with Crippen LogP contribution in [0.15, 0.2) is 34.8 Å². The van der Waals surface area contributed by atoms with E-state index >= 15 is 0 Å². The van der Waals surface area contributed by atoms with Crippen LogP contribution in [0.1, 0.15) is 17.0 Å². The van der Waals surface area contributed by atoms with Crippen LogP contribution in [-0.4, -0.2) is 35.9 Å². The number of hydrogen-bond acceptors (Lipinski definition) is 3. The molecule has 2 aromatic carbocycles. The number of benzene rings is 2. The van der Waals surface area contributed by atoms with Gasteiger partial charge in [0.25, 0.3) is 0 Å². The number of imidazole rings is 1. The van der Waals surface area contributed by atoms with Crippen molar-refractivity contribution in [2.24, 2.45) is 0 Å². The summed E-state index contributed by atoms with van der Waals surface area (Å²) in [7, 11) is 0. The second kappa shape index (κ2) is 7.81. The van der Waals surface area contributed by atoms with Crippen LogP contribution in [-0.2, 0) is 17.5 Å². The highest BCUT2D eigenvalue weighted by Gasteiger charge is 2.38. The van der Waals surface area contributed by atoms with Gasteiger partial charge in [0.1, 0.15) is 5.52 Å². The Morgan fingerprint density at radius 1 is 1.21 bits per heavy atom. The largest absolute Gasteiger partial charge is 0.449 e. The minimum absolute atomic E-state index is 0.0245. The number of nitrogens with zero attached hydrogens (tertiary/aromatic N) is 3. The maximum Gasteiger partial charge on any atom is 0.449 e. The van der Waals surface area contributed by atoms with E-state index in [9.17, 15) is 13.2 Å². The molecule has 0 saturated carbocycles. The molecule has 1 fully saturated rings. The maximum absolute atomic E-state index is 13.8. The molecule has 154 valence electrons. The molecule has 1 aliphatic heterocycles. The number of morpholine rings is 1. The summed E-state index contributed by atoms with van der Waals surface area (Å²) in [5, 5.41) is 0.524. The number of alkyl halides is 3. The molecule has 29 heavy (non-hydrogen) atoms. The van der Waals surface area contributed by atoms with Crippen LogP contribution in [0.25, 0.3) is 11.0 Å². The fourth-order valence-corrected chi connectivity index (χ4v) is 4.26. The normalized spacial score (nSPS) is 15.3. The molecule has 4 nitrogen and oxygen atoms in total. The molecule has 0 radical (unpaired) electrons. The molecule has 1 aliphatic rings. The number of rotatable bonds is 3. The summed E-state index contributed by atoms with van der Waals surface area (Å²) in [6.07, 6.45) is -4.58. The molecule has 0 amide bonds. The van der Waals surface area contributed by atoms with E-state index in [0.29, 0.717) is 41.3 Å². The van der Waals surface area contributed by atoms with E-state index in [2.05, 4.69) is 25.8 Å². The number of fused-ring (bicyclic) bond motifs is 1. The highest BCUT2D eigenvalue weighted by atomic mass is 79.9. The lowest BCUT2D eigenvalue weighted by molar-refractivity contribution is -0.146. The zero-order valence-corrected chi connectivity index (χ0v) is 17.9. The fraction of sp³-hybridized carbons (Fsp3) is 0.350. The summed E-state index contributed by atoms with van der Waals surface area (Å²) in [6.45, 7) is 4.38. The van der Waals surface area contributed by atoms with Crippen molar-refractivity contribution < 1.29 is 17.9 Å². The molecule has 0 spiro atoms. The van der Waals surface area contributed by atoms with Crippen LogP contribution in [0, 0.1) is 6.92 Å². The standard InChI is InChI=1S/C20H18BrClF3N3O/c1-12-13(3-2-4-16(12)22)11-28-17-10-14(27-5-7-29-8-6-27)9-15(21)18(17)26-19(28)20(23,24)25/h2-4,9-10H,5-8,11H2,1H3. The number of anilines is 1. The lowest BCUT2D eigenvalue weighted by Gasteiger charge is -2.29. The Balaban J connectivity index is 1.89. The van der Waals surface area contributed by atoms with Crippen LogP contribution in [0.4, 0.5) is 18.9 Å². The summed E-state index contributed by atoms with van der Waals surface area (Å²) in [5.74, 6) is -0.924. The SMILES string of the molecule is Cc1c(Cl)cccc1Cn1c(C(F)(F)F)nc2c(Br)cc(N3CCOCC3)cc21. The van der Waals surface area contributed by atoms with Crippen molar-refractivity contribution in [3.8, 4) is 0 Å². The molecule has 1 saturated heterocycles. The van der Waals surface area contributed by atoms with Gasteiger partial charge >= 0.3 is 6.18 Å². The van der Waals surface area contributed by atoms with Gasteiger partial charge in [-0.15, -0.1) is 0 Å². The fourth-order valence-electron chi connectivity index (χ4n) is 3.54. The Morgan fingerprint density at radius 3 is 2.62 bits per heavy atom. The summed E-state index contributed by atoms with van der Waals surface area (Å²) < 4.78 is 48.6. The van der Waals surface area contributed by atoms with Crippen LogP contribution in [0.5, 0.6) is 0 Å². The summed E-state index contributed by atoms with van der Waals surface area (Å²) in [5.41, 5.74) is 3.02.